The number of benzene rings is 1. The highest BCUT2D eigenvalue weighted by Gasteiger charge is 2.80. The minimum atomic E-state index is 0.205. The molecular weight excluding hydrogens is 320 g/mol. The van der Waals surface area contributed by atoms with Gasteiger partial charge in [-0.1, -0.05) is 25.5 Å². The second-order valence-corrected chi connectivity index (χ2v) is 8.89. The van der Waals surface area contributed by atoms with Gasteiger partial charge in [0, 0.05) is 28.8 Å². The third-order valence-corrected chi connectivity index (χ3v) is 8.16. The number of phenolic OH excluding ortho intramolecular Hbond substituents is 1. The maximum absolute atomic E-state index is 10.2. The summed E-state index contributed by atoms with van der Waals surface area (Å²) in [7, 11) is 2.14. The molecule has 1 aromatic carbocycles. The van der Waals surface area contributed by atoms with Gasteiger partial charge in [0.25, 0.3) is 0 Å². The molecule has 3 aliphatic rings. The number of fused-ring (bicyclic) bond motifs is 1. The molecule has 2 saturated carbocycles. The van der Waals surface area contributed by atoms with E-state index in [2.05, 4.69) is 48.5 Å². The number of hydrogen-bond acceptors (Lipinski definition) is 3. The Labute approximate surface area is 155 Å². The number of nitrogens with zero attached hydrogens (tertiary/aromatic N) is 1. The lowest BCUT2D eigenvalue weighted by Gasteiger charge is -2.71. The summed E-state index contributed by atoms with van der Waals surface area (Å²) in [6, 6.07) is 12.9. The predicted molar refractivity (Wildman–Crippen MR) is 103 cm³/mol. The number of pyridine rings is 1. The summed E-state index contributed by atoms with van der Waals surface area (Å²) in [5.41, 5.74) is 4.80. The Morgan fingerprint density at radius 2 is 2.12 bits per heavy atom. The minimum Gasteiger partial charge on any atom is -0.508 e. The average Bonchev–Trinajstić information content (AvgIpc) is 3.08. The molecule has 4 unspecified atom stereocenters. The van der Waals surface area contributed by atoms with Crippen LogP contribution in [0, 0.1) is 10.8 Å². The van der Waals surface area contributed by atoms with E-state index in [0.717, 1.165) is 19.3 Å². The number of aryl methyl sites for hydroxylation is 1. The van der Waals surface area contributed by atoms with E-state index in [4.69, 9.17) is 0 Å². The molecule has 1 aromatic heterocycles. The molecule has 0 aliphatic heterocycles. The quantitative estimate of drug-likeness (QED) is 0.878. The second-order valence-electron chi connectivity index (χ2n) is 8.89. The number of nitrogens with one attached hydrogen (secondary N) is 1. The van der Waals surface area contributed by atoms with Gasteiger partial charge in [-0.25, -0.2) is 0 Å². The van der Waals surface area contributed by atoms with Crippen LogP contribution in [0.4, 0.5) is 0 Å². The molecule has 26 heavy (non-hydrogen) atoms. The SMILES string of the molecule is CNC1C2(C)CCCC23c2cc(O)ccc2CC13CCc1ccccn1. The summed E-state index contributed by atoms with van der Waals surface area (Å²) >= 11 is 0. The molecule has 2 fully saturated rings. The van der Waals surface area contributed by atoms with Crippen molar-refractivity contribution in [3.05, 3.63) is 59.4 Å². The lowest BCUT2D eigenvalue weighted by molar-refractivity contribution is -0.160. The first kappa shape index (κ1) is 16.3. The Balaban J connectivity index is 1.61. The summed E-state index contributed by atoms with van der Waals surface area (Å²) in [6.45, 7) is 2.49. The van der Waals surface area contributed by atoms with Crippen molar-refractivity contribution in [2.45, 2.75) is 56.9 Å². The third-order valence-electron chi connectivity index (χ3n) is 8.16. The Hall–Kier alpha value is -1.87. The van der Waals surface area contributed by atoms with Gasteiger partial charge in [-0.15, -0.1) is 0 Å². The third kappa shape index (κ3) is 1.70. The molecule has 4 atom stereocenters. The zero-order chi connectivity index (χ0) is 18.0. The standard InChI is InChI=1S/C23H28N2O/c1-21-10-5-11-23(21)19-14-18(26)8-7-16(19)15-22(23,20(21)24-2)12-9-17-6-3-4-13-25-17/h3-4,6-8,13-14,20,24,26H,5,9-12,15H2,1-2H3. The predicted octanol–water partition coefficient (Wildman–Crippen LogP) is 3.99. The summed E-state index contributed by atoms with van der Waals surface area (Å²) in [4.78, 5) is 4.57. The van der Waals surface area contributed by atoms with E-state index in [1.165, 1.54) is 36.1 Å². The van der Waals surface area contributed by atoms with Crippen molar-refractivity contribution < 1.29 is 5.11 Å². The van der Waals surface area contributed by atoms with Crippen LogP contribution < -0.4 is 5.32 Å². The Morgan fingerprint density at radius 3 is 2.88 bits per heavy atom. The molecule has 0 bridgehead atoms. The number of aromatic nitrogens is 1. The van der Waals surface area contributed by atoms with Gasteiger partial charge in [0.05, 0.1) is 0 Å². The molecule has 2 N–H and O–H groups in total. The van der Waals surface area contributed by atoms with Crippen molar-refractivity contribution in [2.24, 2.45) is 10.8 Å². The van der Waals surface area contributed by atoms with E-state index < -0.39 is 0 Å². The van der Waals surface area contributed by atoms with E-state index >= 15 is 0 Å². The van der Waals surface area contributed by atoms with Crippen LogP contribution in [0.25, 0.3) is 0 Å². The molecule has 1 heterocycles. The molecular formula is C23H28N2O. The van der Waals surface area contributed by atoms with Crippen LogP contribution in [0.5, 0.6) is 5.75 Å². The first-order valence-corrected chi connectivity index (χ1v) is 9.97. The highest BCUT2D eigenvalue weighted by Crippen LogP contribution is 2.80. The molecule has 0 radical (unpaired) electrons. The molecule has 1 spiro atoms. The van der Waals surface area contributed by atoms with Gasteiger partial charge >= 0.3 is 0 Å². The summed E-state index contributed by atoms with van der Waals surface area (Å²) < 4.78 is 0. The van der Waals surface area contributed by atoms with Gasteiger partial charge in [-0.05, 0) is 80.0 Å². The van der Waals surface area contributed by atoms with Gasteiger partial charge in [0.1, 0.15) is 5.75 Å². The molecule has 0 amide bonds. The molecule has 3 aliphatic carbocycles. The summed E-state index contributed by atoms with van der Waals surface area (Å²) in [6.07, 6.45) is 9.02. The van der Waals surface area contributed by atoms with E-state index in [1.54, 1.807) is 0 Å². The van der Waals surface area contributed by atoms with Crippen molar-refractivity contribution in [1.82, 2.24) is 10.3 Å². The van der Waals surface area contributed by atoms with Crippen LogP contribution in [0.1, 0.15) is 49.4 Å². The van der Waals surface area contributed by atoms with Crippen molar-refractivity contribution in [2.75, 3.05) is 7.05 Å². The second kappa shape index (κ2) is 5.32. The molecule has 0 saturated heterocycles. The van der Waals surface area contributed by atoms with Gasteiger partial charge in [0.2, 0.25) is 0 Å². The molecule has 2 aromatic rings. The van der Waals surface area contributed by atoms with Crippen molar-refractivity contribution in [1.29, 1.82) is 0 Å². The summed E-state index contributed by atoms with van der Waals surface area (Å²) in [5, 5.41) is 13.9. The molecule has 3 nitrogen and oxygen atoms in total. The smallest absolute Gasteiger partial charge is 0.115 e. The fourth-order valence-electron chi connectivity index (χ4n) is 7.56. The monoisotopic (exact) mass is 348 g/mol. The highest BCUT2D eigenvalue weighted by molar-refractivity contribution is 5.56. The molecule has 136 valence electrons. The van der Waals surface area contributed by atoms with Gasteiger partial charge in [-0.3, -0.25) is 4.98 Å². The van der Waals surface area contributed by atoms with Crippen molar-refractivity contribution >= 4 is 0 Å². The first-order valence-electron chi connectivity index (χ1n) is 9.97. The van der Waals surface area contributed by atoms with E-state index in [-0.39, 0.29) is 16.2 Å². The van der Waals surface area contributed by atoms with Crippen LogP contribution in [0.2, 0.25) is 0 Å². The maximum Gasteiger partial charge on any atom is 0.115 e. The van der Waals surface area contributed by atoms with Crippen LogP contribution in [0.15, 0.2) is 42.6 Å². The minimum absolute atomic E-state index is 0.205. The number of hydrogen-bond donors (Lipinski definition) is 2. The molecule has 5 rings (SSSR count). The van der Waals surface area contributed by atoms with E-state index in [1.807, 2.05) is 18.3 Å². The zero-order valence-corrected chi connectivity index (χ0v) is 15.8. The van der Waals surface area contributed by atoms with E-state index in [0.29, 0.717) is 11.8 Å². The van der Waals surface area contributed by atoms with Crippen molar-refractivity contribution in [3.63, 3.8) is 0 Å². The van der Waals surface area contributed by atoms with Crippen LogP contribution in [-0.4, -0.2) is 23.2 Å². The Kier molecular flexibility index (Phi) is 3.34. The topological polar surface area (TPSA) is 45.1 Å². The fourth-order valence-corrected chi connectivity index (χ4v) is 7.56. The Morgan fingerprint density at radius 1 is 1.23 bits per heavy atom. The van der Waals surface area contributed by atoms with Crippen LogP contribution in [0.3, 0.4) is 0 Å². The lowest BCUT2D eigenvalue weighted by Crippen LogP contribution is -2.77. The van der Waals surface area contributed by atoms with Gasteiger partial charge < -0.3 is 10.4 Å². The Bertz CT molecular complexity index is 851. The number of phenols is 1. The first-order chi connectivity index (χ1) is 12.6. The number of aromatic hydroxyl groups is 1. The molecule has 3 heteroatoms. The normalized spacial score (nSPS) is 36.9. The van der Waals surface area contributed by atoms with Gasteiger partial charge in [-0.2, -0.15) is 0 Å². The fraction of sp³-hybridized carbons (Fsp3) is 0.522. The average molecular weight is 348 g/mol. The lowest BCUT2D eigenvalue weighted by atomic mass is 9.34. The van der Waals surface area contributed by atoms with Crippen LogP contribution >= 0.6 is 0 Å². The highest BCUT2D eigenvalue weighted by atomic mass is 16.3. The summed E-state index contributed by atoms with van der Waals surface area (Å²) in [5.74, 6) is 0.417. The zero-order valence-electron chi connectivity index (χ0n) is 15.8. The van der Waals surface area contributed by atoms with Crippen LogP contribution in [-0.2, 0) is 18.3 Å². The van der Waals surface area contributed by atoms with E-state index in [9.17, 15) is 5.11 Å². The van der Waals surface area contributed by atoms with Crippen molar-refractivity contribution in [3.8, 4) is 5.75 Å². The number of rotatable bonds is 4. The van der Waals surface area contributed by atoms with Gasteiger partial charge in [0.15, 0.2) is 0 Å². The largest absolute Gasteiger partial charge is 0.508 e. The maximum atomic E-state index is 10.2.